The lowest BCUT2D eigenvalue weighted by Crippen LogP contribution is -2.44. The molecule has 0 radical (unpaired) electrons. The molecule has 0 saturated carbocycles. The second-order valence-corrected chi connectivity index (χ2v) is 6.24. The number of amides is 1. The molecule has 1 amide bonds. The molecule has 5 heteroatoms. The maximum atomic E-state index is 13.0. The van der Waals surface area contributed by atoms with Gasteiger partial charge in [0.2, 0.25) is 0 Å². The number of piperidine rings is 1. The zero-order chi connectivity index (χ0) is 16.8. The van der Waals surface area contributed by atoms with Crippen LogP contribution in [0.1, 0.15) is 25.8 Å². The van der Waals surface area contributed by atoms with Gasteiger partial charge in [-0.05, 0) is 42.0 Å². The fraction of sp³-hybridized carbons (Fsp3) is 0.444. The second kappa shape index (κ2) is 7.90. The SMILES string of the molecule is CC1CC(C)CN(C(=O)COC(=O)/C=C/c2cccc(F)c2)C1. The van der Waals surface area contributed by atoms with Gasteiger partial charge in [0.25, 0.3) is 5.91 Å². The molecule has 1 fully saturated rings. The van der Waals surface area contributed by atoms with Crippen molar-refractivity contribution < 1.29 is 18.7 Å². The van der Waals surface area contributed by atoms with Crippen molar-refractivity contribution in [2.45, 2.75) is 20.3 Å². The molecule has 2 atom stereocenters. The van der Waals surface area contributed by atoms with Crippen LogP contribution in [0, 0.1) is 17.7 Å². The Labute approximate surface area is 135 Å². The van der Waals surface area contributed by atoms with E-state index in [1.807, 2.05) is 0 Å². The topological polar surface area (TPSA) is 46.6 Å². The summed E-state index contributed by atoms with van der Waals surface area (Å²) in [5.41, 5.74) is 0.562. The predicted octanol–water partition coefficient (Wildman–Crippen LogP) is 2.89. The molecule has 124 valence electrons. The van der Waals surface area contributed by atoms with Gasteiger partial charge in [-0.25, -0.2) is 9.18 Å². The summed E-state index contributed by atoms with van der Waals surface area (Å²) in [5, 5.41) is 0. The summed E-state index contributed by atoms with van der Waals surface area (Å²) >= 11 is 0. The summed E-state index contributed by atoms with van der Waals surface area (Å²) in [4.78, 5) is 25.5. The highest BCUT2D eigenvalue weighted by Crippen LogP contribution is 2.20. The third-order valence-electron chi connectivity index (χ3n) is 3.82. The van der Waals surface area contributed by atoms with Crippen molar-refractivity contribution in [2.24, 2.45) is 11.8 Å². The molecule has 0 aliphatic carbocycles. The number of carbonyl (C=O) groups is 2. The quantitative estimate of drug-likeness (QED) is 0.633. The first-order valence-corrected chi connectivity index (χ1v) is 7.82. The molecule has 0 N–H and O–H groups in total. The summed E-state index contributed by atoms with van der Waals surface area (Å²) in [6.45, 7) is 5.39. The fourth-order valence-electron chi connectivity index (χ4n) is 2.91. The highest BCUT2D eigenvalue weighted by Gasteiger charge is 2.25. The average Bonchev–Trinajstić information content (AvgIpc) is 2.49. The second-order valence-electron chi connectivity index (χ2n) is 6.24. The molecule has 23 heavy (non-hydrogen) atoms. The first-order chi connectivity index (χ1) is 10.9. The number of ether oxygens (including phenoxy) is 1. The number of benzene rings is 1. The Morgan fingerprint density at radius 3 is 2.65 bits per heavy atom. The summed E-state index contributed by atoms with van der Waals surface area (Å²) < 4.78 is 18.0. The van der Waals surface area contributed by atoms with Gasteiger partial charge in [-0.2, -0.15) is 0 Å². The van der Waals surface area contributed by atoms with E-state index in [1.165, 1.54) is 24.3 Å². The van der Waals surface area contributed by atoms with Crippen molar-refractivity contribution in [3.05, 3.63) is 41.7 Å². The van der Waals surface area contributed by atoms with Crippen molar-refractivity contribution in [3.8, 4) is 0 Å². The van der Waals surface area contributed by atoms with Crippen LogP contribution in [0.2, 0.25) is 0 Å². The summed E-state index contributed by atoms with van der Waals surface area (Å²) in [6, 6.07) is 5.87. The van der Waals surface area contributed by atoms with E-state index in [0.29, 0.717) is 30.5 Å². The molecule has 1 heterocycles. The molecule has 2 unspecified atom stereocenters. The van der Waals surface area contributed by atoms with Crippen molar-refractivity contribution in [3.63, 3.8) is 0 Å². The molecule has 2 rings (SSSR count). The monoisotopic (exact) mass is 319 g/mol. The zero-order valence-electron chi connectivity index (χ0n) is 13.5. The molecule has 0 spiro atoms. The number of halogens is 1. The zero-order valence-corrected chi connectivity index (χ0v) is 13.5. The number of nitrogens with zero attached hydrogens (tertiary/aromatic N) is 1. The third-order valence-corrected chi connectivity index (χ3v) is 3.82. The lowest BCUT2D eigenvalue weighted by Gasteiger charge is -2.34. The van der Waals surface area contributed by atoms with Crippen molar-refractivity contribution in [2.75, 3.05) is 19.7 Å². The van der Waals surface area contributed by atoms with Crippen LogP contribution >= 0.6 is 0 Å². The van der Waals surface area contributed by atoms with E-state index in [0.717, 1.165) is 6.42 Å². The molecule has 4 nitrogen and oxygen atoms in total. The number of esters is 1. The predicted molar refractivity (Wildman–Crippen MR) is 85.9 cm³/mol. The smallest absolute Gasteiger partial charge is 0.331 e. The Balaban J connectivity index is 1.80. The third kappa shape index (κ3) is 5.51. The highest BCUT2D eigenvalue weighted by molar-refractivity contribution is 5.89. The van der Waals surface area contributed by atoms with E-state index >= 15 is 0 Å². The number of rotatable bonds is 4. The Hall–Kier alpha value is -2.17. The van der Waals surface area contributed by atoms with Crippen molar-refractivity contribution in [1.82, 2.24) is 4.90 Å². The molecule has 1 saturated heterocycles. The lowest BCUT2D eigenvalue weighted by atomic mass is 9.92. The fourth-order valence-corrected chi connectivity index (χ4v) is 2.91. The van der Waals surface area contributed by atoms with Crippen LogP contribution in [0.3, 0.4) is 0 Å². The van der Waals surface area contributed by atoms with E-state index in [4.69, 9.17) is 4.74 Å². The van der Waals surface area contributed by atoms with Gasteiger partial charge in [-0.1, -0.05) is 26.0 Å². The van der Waals surface area contributed by atoms with Crippen LogP contribution < -0.4 is 0 Å². The van der Waals surface area contributed by atoms with Gasteiger partial charge < -0.3 is 9.64 Å². The van der Waals surface area contributed by atoms with Gasteiger partial charge in [0.15, 0.2) is 6.61 Å². The van der Waals surface area contributed by atoms with Gasteiger partial charge in [-0.3, -0.25) is 4.79 Å². The molecule has 0 aromatic heterocycles. The lowest BCUT2D eigenvalue weighted by molar-refractivity contribution is -0.149. The maximum absolute atomic E-state index is 13.0. The van der Waals surface area contributed by atoms with Gasteiger partial charge in [0.1, 0.15) is 5.82 Å². The van der Waals surface area contributed by atoms with Crippen LogP contribution in [-0.4, -0.2) is 36.5 Å². The van der Waals surface area contributed by atoms with Crippen LogP contribution in [-0.2, 0) is 14.3 Å². The molecule has 0 bridgehead atoms. The molecular weight excluding hydrogens is 297 g/mol. The summed E-state index contributed by atoms with van der Waals surface area (Å²) in [7, 11) is 0. The average molecular weight is 319 g/mol. The largest absolute Gasteiger partial charge is 0.452 e. The Bertz CT molecular complexity index is 590. The van der Waals surface area contributed by atoms with Gasteiger partial charge >= 0.3 is 5.97 Å². The normalized spacial score (nSPS) is 21.4. The van der Waals surface area contributed by atoms with Crippen molar-refractivity contribution in [1.29, 1.82) is 0 Å². The van der Waals surface area contributed by atoms with E-state index in [2.05, 4.69) is 13.8 Å². The van der Waals surface area contributed by atoms with Gasteiger partial charge in [0.05, 0.1) is 0 Å². The van der Waals surface area contributed by atoms with Crippen LogP contribution in [0.4, 0.5) is 4.39 Å². The molecular formula is C18H22FNO3. The highest BCUT2D eigenvalue weighted by atomic mass is 19.1. The minimum Gasteiger partial charge on any atom is -0.452 e. The minimum absolute atomic E-state index is 0.170. The molecule has 1 aromatic rings. The number of hydrogen-bond donors (Lipinski definition) is 0. The Kier molecular flexibility index (Phi) is 5.90. The molecule has 1 aromatic carbocycles. The van der Waals surface area contributed by atoms with E-state index in [1.54, 1.807) is 17.0 Å². The summed E-state index contributed by atoms with van der Waals surface area (Å²) in [5.74, 6) is -0.224. The number of hydrogen-bond acceptors (Lipinski definition) is 3. The van der Waals surface area contributed by atoms with Crippen LogP contribution in [0.25, 0.3) is 6.08 Å². The Morgan fingerprint density at radius 1 is 1.30 bits per heavy atom. The van der Waals surface area contributed by atoms with Gasteiger partial charge in [-0.15, -0.1) is 0 Å². The first kappa shape index (κ1) is 17.2. The Morgan fingerprint density at radius 2 is 2.00 bits per heavy atom. The van der Waals surface area contributed by atoms with E-state index in [9.17, 15) is 14.0 Å². The first-order valence-electron chi connectivity index (χ1n) is 7.82. The maximum Gasteiger partial charge on any atom is 0.331 e. The van der Waals surface area contributed by atoms with E-state index < -0.39 is 5.97 Å². The van der Waals surface area contributed by atoms with E-state index in [-0.39, 0.29) is 18.3 Å². The number of likely N-dealkylation sites (tertiary alicyclic amines) is 1. The van der Waals surface area contributed by atoms with Crippen molar-refractivity contribution >= 4 is 18.0 Å². The van der Waals surface area contributed by atoms with Crippen LogP contribution in [0.15, 0.2) is 30.3 Å². The minimum atomic E-state index is -0.610. The van der Waals surface area contributed by atoms with Crippen LogP contribution in [0.5, 0.6) is 0 Å². The number of carbonyl (C=O) groups excluding carboxylic acids is 2. The molecule has 1 aliphatic rings. The standard InChI is InChI=1S/C18H22FNO3/c1-13-8-14(2)11-20(10-13)17(21)12-23-18(22)7-6-15-4-3-5-16(19)9-15/h3-7,9,13-14H,8,10-12H2,1-2H3/b7-6+. The summed E-state index contributed by atoms with van der Waals surface area (Å²) in [6.07, 6.45) is 3.77. The molecule has 1 aliphatic heterocycles. The van der Waals surface area contributed by atoms with Gasteiger partial charge in [0, 0.05) is 19.2 Å².